The van der Waals surface area contributed by atoms with Crippen LogP contribution in [-0.4, -0.2) is 19.0 Å². The average molecular weight is 296 g/mol. The van der Waals surface area contributed by atoms with Crippen LogP contribution in [0.4, 0.5) is 0 Å². The molecule has 1 aromatic carbocycles. The zero-order chi connectivity index (χ0) is 12.5. The van der Waals surface area contributed by atoms with Gasteiger partial charge < -0.3 is 10.6 Å². The van der Waals surface area contributed by atoms with Crippen molar-refractivity contribution in [3.05, 3.63) is 47.0 Å². The molecule has 0 heterocycles. The number of rotatable bonds is 5. The molecule has 0 aromatic heterocycles. The maximum absolute atomic E-state index is 4.49. The van der Waals surface area contributed by atoms with Gasteiger partial charge in [-0.3, -0.25) is 0 Å². The summed E-state index contributed by atoms with van der Waals surface area (Å²) in [6.45, 7) is 7.94. The molecule has 17 heavy (non-hydrogen) atoms. The van der Waals surface area contributed by atoms with Gasteiger partial charge in [-0.05, 0) is 24.6 Å². The van der Waals surface area contributed by atoms with E-state index in [-0.39, 0.29) is 0 Å². The maximum atomic E-state index is 4.49. The SMILES string of the molecule is C=CCNC(=NCc1cccc(Br)c1)NCC. The quantitative estimate of drug-likeness (QED) is 0.498. The molecule has 0 atom stereocenters. The van der Waals surface area contributed by atoms with E-state index in [4.69, 9.17) is 0 Å². The van der Waals surface area contributed by atoms with Gasteiger partial charge in [0.25, 0.3) is 0 Å². The molecule has 0 aliphatic heterocycles. The lowest BCUT2D eigenvalue weighted by Gasteiger charge is -2.09. The van der Waals surface area contributed by atoms with E-state index in [1.54, 1.807) is 0 Å². The minimum absolute atomic E-state index is 0.659. The van der Waals surface area contributed by atoms with Crippen molar-refractivity contribution in [1.29, 1.82) is 0 Å². The summed E-state index contributed by atoms with van der Waals surface area (Å²) in [7, 11) is 0. The Hall–Kier alpha value is -1.29. The highest BCUT2D eigenvalue weighted by atomic mass is 79.9. The van der Waals surface area contributed by atoms with Gasteiger partial charge in [-0.15, -0.1) is 6.58 Å². The zero-order valence-corrected chi connectivity index (χ0v) is 11.6. The Labute approximate surface area is 111 Å². The first-order chi connectivity index (χ1) is 8.26. The smallest absolute Gasteiger partial charge is 0.191 e. The lowest BCUT2D eigenvalue weighted by atomic mass is 10.2. The molecule has 0 aliphatic rings. The van der Waals surface area contributed by atoms with Gasteiger partial charge in [0.15, 0.2) is 5.96 Å². The van der Waals surface area contributed by atoms with Gasteiger partial charge in [0, 0.05) is 17.6 Å². The van der Waals surface area contributed by atoms with Crippen LogP contribution in [0, 0.1) is 0 Å². The van der Waals surface area contributed by atoms with Crippen LogP contribution in [0.2, 0.25) is 0 Å². The summed E-state index contributed by atoms with van der Waals surface area (Å²) in [6, 6.07) is 8.15. The average Bonchev–Trinajstić information content (AvgIpc) is 2.33. The predicted octanol–water partition coefficient (Wildman–Crippen LogP) is 2.69. The molecule has 0 bridgehead atoms. The Bertz CT molecular complexity index is 388. The van der Waals surface area contributed by atoms with Crippen molar-refractivity contribution < 1.29 is 0 Å². The second-order valence-electron chi connectivity index (χ2n) is 3.49. The Balaban J connectivity index is 2.61. The fourth-order valence-corrected chi connectivity index (χ4v) is 1.76. The molecule has 0 saturated heterocycles. The molecule has 4 heteroatoms. The number of aliphatic imine (C=N–C) groups is 1. The van der Waals surface area contributed by atoms with Crippen LogP contribution < -0.4 is 10.6 Å². The van der Waals surface area contributed by atoms with Gasteiger partial charge >= 0.3 is 0 Å². The maximum Gasteiger partial charge on any atom is 0.191 e. The number of nitrogens with one attached hydrogen (secondary N) is 2. The molecule has 1 aromatic rings. The number of guanidine groups is 1. The van der Waals surface area contributed by atoms with Gasteiger partial charge in [-0.1, -0.05) is 34.1 Å². The molecule has 0 radical (unpaired) electrons. The van der Waals surface area contributed by atoms with Crippen LogP contribution in [0.15, 0.2) is 46.4 Å². The summed E-state index contributed by atoms with van der Waals surface area (Å²) in [6.07, 6.45) is 1.81. The molecule has 0 saturated carbocycles. The van der Waals surface area contributed by atoms with E-state index in [0.717, 1.165) is 17.0 Å². The molecule has 0 fully saturated rings. The summed E-state index contributed by atoms with van der Waals surface area (Å²) >= 11 is 3.45. The first-order valence-electron chi connectivity index (χ1n) is 5.63. The fraction of sp³-hybridized carbons (Fsp3) is 0.308. The highest BCUT2D eigenvalue weighted by Gasteiger charge is 1.96. The molecular formula is C13H18BrN3. The van der Waals surface area contributed by atoms with Crippen LogP contribution in [0.5, 0.6) is 0 Å². The van der Waals surface area contributed by atoms with Crippen LogP contribution >= 0.6 is 15.9 Å². The molecule has 0 amide bonds. The standard InChI is InChI=1S/C13H18BrN3/c1-3-8-16-13(15-4-2)17-10-11-6-5-7-12(14)9-11/h3,5-7,9H,1,4,8,10H2,2H3,(H2,15,16,17). The van der Waals surface area contributed by atoms with Crippen molar-refractivity contribution in [2.45, 2.75) is 13.5 Å². The first kappa shape index (κ1) is 13.8. The number of hydrogen-bond donors (Lipinski definition) is 2. The number of nitrogens with zero attached hydrogens (tertiary/aromatic N) is 1. The molecule has 0 aliphatic carbocycles. The van der Waals surface area contributed by atoms with Crippen molar-refractivity contribution in [1.82, 2.24) is 10.6 Å². The molecule has 2 N–H and O–H groups in total. The Morgan fingerprint density at radius 2 is 2.29 bits per heavy atom. The third-order valence-corrected chi connectivity index (χ3v) is 2.56. The summed E-state index contributed by atoms with van der Waals surface area (Å²) in [5.74, 6) is 0.812. The van der Waals surface area contributed by atoms with E-state index in [9.17, 15) is 0 Å². The second kappa shape index (κ2) is 7.90. The van der Waals surface area contributed by atoms with Crippen molar-refractivity contribution >= 4 is 21.9 Å². The number of halogens is 1. The topological polar surface area (TPSA) is 36.4 Å². The Morgan fingerprint density at radius 1 is 1.47 bits per heavy atom. The summed E-state index contributed by atoms with van der Waals surface area (Å²) in [5.41, 5.74) is 1.18. The lowest BCUT2D eigenvalue weighted by Crippen LogP contribution is -2.37. The van der Waals surface area contributed by atoms with E-state index >= 15 is 0 Å². The van der Waals surface area contributed by atoms with Crippen molar-refractivity contribution in [3.8, 4) is 0 Å². The first-order valence-corrected chi connectivity index (χ1v) is 6.43. The van der Waals surface area contributed by atoms with E-state index in [1.807, 2.05) is 25.1 Å². The molecular weight excluding hydrogens is 278 g/mol. The van der Waals surface area contributed by atoms with E-state index < -0.39 is 0 Å². The molecule has 1 rings (SSSR count). The largest absolute Gasteiger partial charge is 0.357 e. The highest BCUT2D eigenvalue weighted by Crippen LogP contribution is 2.12. The number of benzene rings is 1. The van der Waals surface area contributed by atoms with Crippen LogP contribution in [0.1, 0.15) is 12.5 Å². The third-order valence-electron chi connectivity index (χ3n) is 2.07. The second-order valence-corrected chi connectivity index (χ2v) is 4.41. The zero-order valence-electron chi connectivity index (χ0n) is 10.0. The highest BCUT2D eigenvalue weighted by molar-refractivity contribution is 9.10. The normalized spacial score (nSPS) is 11.1. The summed E-state index contributed by atoms with van der Waals surface area (Å²) in [5, 5.41) is 6.35. The van der Waals surface area contributed by atoms with Crippen LogP contribution in [-0.2, 0) is 6.54 Å². The van der Waals surface area contributed by atoms with Gasteiger partial charge in [-0.2, -0.15) is 0 Å². The van der Waals surface area contributed by atoms with Crippen LogP contribution in [0.25, 0.3) is 0 Å². The van der Waals surface area contributed by atoms with Gasteiger partial charge in [-0.25, -0.2) is 4.99 Å². The number of hydrogen-bond acceptors (Lipinski definition) is 1. The van der Waals surface area contributed by atoms with Gasteiger partial charge in [0.05, 0.1) is 6.54 Å². The molecule has 0 unspecified atom stereocenters. The van der Waals surface area contributed by atoms with E-state index in [0.29, 0.717) is 13.1 Å². The van der Waals surface area contributed by atoms with E-state index in [2.05, 4.69) is 50.3 Å². The van der Waals surface area contributed by atoms with Gasteiger partial charge in [0.1, 0.15) is 0 Å². The summed E-state index contributed by atoms with van der Waals surface area (Å²) in [4.78, 5) is 4.49. The molecule has 3 nitrogen and oxygen atoms in total. The minimum atomic E-state index is 0.659. The van der Waals surface area contributed by atoms with Crippen molar-refractivity contribution in [2.75, 3.05) is 13.1 Å². The minimum Gasteiger partial charge on any atom is -0.357 e. The van der Waals surface area contributed by atoms with Crippen LogP contribution in [0.3, 0.4) is 0 Å². The monoisotopic (exact) mass is 295 g/mol. The van der Waals surface area contributed by atoms with Gasteiger partial charge in [0.2, 0.25) is 0 Å². The lowest BCUT2D eigenvalue weighted by molar-refractivity contribution is 0.860. The van der Waals surface area contributed by atoms with E-state index in [1.165, 1.54) is 5.56 Å². The molecule has 92 valence electrons. The Kier molecular flexibility index (Phi) is 6.40. The predicted molar refractivity (Wildman–Crippen MR) is 77.2 cm³/mol. The Morgan fingerprint density at radius 3 is 2.94 bits per heavy atom. The van der Waals surface area contributed by atoms with Crippen molar-refractivity contribution in [2.24, 2.45) is 4.99 Å². The molecule has 0 spiro atoms. The fourth-order valence-electron chi connectivity index (χ4n) is 1.32. The van der Waals surface area contributed by atoms with Crippen molar-refractivity contribution in [3.63, 3.8) is 0 Å². The third kappa shape index (κ3) is 5.54. The summed E-state index contributed by atoms with van der Waals surface area (Å²) < 4.78 is 1.08.